The summed E-state index contributed by atoms with van der Waals surface area (Å²) in [4.78, 5) is 16.9. The van der Waals surface area contributed by atoms with E-state index in [-0.39, 0.29) is 5.91 Å². The van der Waals surface area contributed by atoms with E-state index in [9.17, 15) is 4.79 Å². The van der Waals surface area contributed by atoms with Gasteiger partial charge in [-0.2, -0.15) is 0 Å². The Labute approximate surface area is 118 Å². The van der Waals surface area contributed by atoms with Gasteiger partial charge in [0.25, 0.3) is 5.91 Å². The molecule has 0 aromatic heterocycles. The first-order valence-corrected chi connectivity index (χ1v) is 6.85. The number of fused-ring (bicyclic) bond motifs is 3. The van der Waals surface area contributed by atoms with Crippen molar-refractivity contribution in [3.05, 3.63) is 59.7 Å². The second kappa shape index (κ2) is 3.63. The smallest absolute Gasteiger partial charge is 0.257 e. The first-order valence-electron chi connectivity index (χ1n) is 6.85. The monoisotopic (exact) mass is 264 g/mol. The minimum Gasteiger partial charge on any atom is -0.356 e. The van der Waals surface area contributed by atoms with Gasteiger partial charge in [-0.3, -0.25) is 4.79 Å². The summed E-state index contributed by atoms with van der Waals surface area (Å²) in [6, 6.07) is 16.4. The molecule has 20 heavy (non-hydrogen) atoms. The minimum absolute atomic E-state index is 0.164. The molecule has 0 N–H and O–H groups in total. The van der Waals surface area contributed by atoms with Crippen LogP contribution in [0.1, 0.15) is 11.1 Å². The number of hydrogen-bond donors (Lipinski definition) is 0. The predicted molar refractivity (Wildman–Crippen MR) is 80.1 cm³/mol. The second-order valence-electron chi connectivity index (χ2n) is 5.61. The van der Waals surface area contributed by atoms with Crippen molar-refractivity contribution >= 4 is 17.3 Å². The minimum atomic E-state index is -0.560. The quantitative estimate of drug-likeness (QED) is 0.730. The second-order valence-corrected chi connectivity index (χ2v) is 5.61. The molecule has 1 unspecified atom stereocenters. The largest absolute Gasteiger partial charge is 0.356 e. The summed E-state index contributed by atoms with van der Waals surface area (Å²) in [5, 5.41) is 0. The van der Waals surface area contributed by atoms with Crippen LogP contribution >= 0.6 is 0 Å². The molecule has 0 aliphatic carbocycles. The molecular weight excluding hydrogens is 248 g/mol. The Bertz CT molecular complexity index is 724. The number of likely N-dealkylation sites (N-methyl/N-ethyl adjacent to an activating group) is 2. The molecule has 2 aromatic rings. The fourth-order valence-corrected chi connectivity index (χ4v) is 3.70. The summed E-state index contributed by atoms with van der Waals surface area (Å²) in [5.74, 6) is 0.164. The van der Waals surface area contributed by atoms with E-state index in [0.29, 0.717) is 0 Å². The molecule has 2 aliphatic heterocycles. The van der Waals surface area contributed by atoms with E-state index in [2.05, 4.69) is 23.1 Å². The molecule has 0 saturated carbocycles. The maximum Gasteiger partial charge on any atom is 0.257 e. The lowest BCUT2D eigenvalue weighted by atomic mass is 9.87. The van der Waals surface area contributed by atoms with Gasteiger partial charge in [0.15, 0.2) is 5.54 Å². The molecule has 2 heterocycles. The predicted octanol–water partition coefficient (Wildman–Crippen LogP) is 2.55. The van der Waals surface area contributed by atoms with E-state index in [1.807, 2.05) is 44.4 Å². The van der Waals surface area contributed by atoms with Crippen molar-refractivity contribution in [3.63, 3.8) is 0 Å². The summed E-state index contributed by atoms with van der Waals surface area (Å²) in [7, 11) is 3.90. The lowest BCUT2D eigenvalue weighted by molar-refractivity contribution is -0.122. The summed E-state index contributed by atoms with van der Waals surface area (Å²) >= 11 is 0. The van der Waals surface area contributed by atoms with Gasteiger partial charge in [-0.15, -0.1) is 0 Å². The maximum absolute atomic E-state index is 12.9. The Kier molecular flexibility index (Phi) is 2.09. The average Bonchev–Trinajstić information content (AvgIpc) is 2.90. The summed E-state index contributed by atoms with van der Waals surface area (Å²) < 4.78 is 0. The zero-order valence-corrected chi connectivity index (χ0v) is 11.6. The molecule has 1 atom stereocenters. The van der Waals surface area contributed by atoms with E-state index in [1.165, 1.54) is 5.56 Å². The van der Waals surface area contributed by atoms with Crippen molar-refractivity contribution in [2.75, 3.05) is 23.9 Å². The molecule has 3 heteroatoms. The van der Waals surface area contributed by atoms with Gasteiger partial charge in [-0.25, -0.2) is 0 Å². The third-order valence-corrected chi connectivity index (χ3v) is 4.74. The highest BCUT2D eigenvalue weighted by atomic mass is 16.2. The third-order valence-electron chi connectivity index (χ3n) is 4.74. The van der Waals surface area contributed by atoms with Crippen molar-refractivity contribution < 1.29 is 4.79 Å². The van der Waals surface area contributed by atoms with Crippen molar-refractivity contribution in [2.24, 2.45) is 0 Å². The molecule has 4 rings (SSSR count). The van der Waals surface area contributed by atoms with E-state index in [4.69, 9.17) is 0 Å². The fourth-order valence-electron chi connectivity index (χ4n) is 3.70. The van der Waals surface area contributed by atoms with E-state index in [0.717, 1.165) is 23.4 Å². The van der Waals surface area contributed by atoms with Gasteiger partial charge < -0.3 is 9.80 Å². The van der Waals surface area contributed by atoms with Crippen molar-refractivity contribution in [2.45, 2.75) is 12.0 Å². The Hall–Kier alpha value is -2.29. The summed E-state index contributed by atoms with van der Waals surface area (Å²) in [6.45, 7) is 0. The molecular formula is C17H16N2O. The first-order chi connectivity index (χ1) is 9.66. The molecule has 3 nitrogen and oxygen atoms in total. The molecule has 0 bridgehead atoms. The van der Waals surface area contributed by atoms with Crippen molar-refractivity contribution in [1.82, 2.24) is 0 Å². The number of rotatable bonds is 0. The topological polar surface area (TPSA) is 23.6 Å². The van der Waals surface area contributed by atoms with Crippen LogP contribution in [0, 0.1) is 0 Å². The lowest BCUT2D eigenvalue weighted by Crippen LogP contribution is -2.49. The van der Waals surface area contributed by atoms with Gasteiger partial charge in [0.2, 0.25) is 0 Å². The van der Waals surface area contributed by atoms with Crippen LogP contribution in [-0.4, -0.2) is 20.0 Å². The molecule has 0 radical (unpaired) electrons. The number of nitrogens with zero attached hydrogens (tertiary/aromatic N) is 2. The Balaban J connectivity index is 1.98. The SMILES string of the molecule is CN1C(=O)C2(Cc3ccccc3N2C)c2ccccc21. The highest BCUT2D eigenvalue weighted by molar-refractivity contribution is 6.10. The number of amides is 1. The average molecular weight is 264 g/mol. The highest BCUT2D eigenvalue weighted by Gasteiger charge is 2.56. The summed E-state index contributed by atoms with van der Waals surface area (Å²) in [5.41, 5.74) is 3.98. The van der Waals surface area contributed by atoms with Crippen LogP contribution in [0.15, 0.2) is 48.5 Å². The molecule has 0 fully saturated rings. The van der Waals surface area contributed by atoms with Gasteiger partial charge in [-0.05, 0) is 17.7 Å². The third kappa shape index (κ3) is 1.14. The number of hydrogen-bond acceptors (Lipinski definition) is 2. The maximum atomic E-state index is 12.9. The first kappa shape index (κ1) is 11.5. The Morgan fingerprint density at radius 2 is 1.60 bits per heavy atom. The number of carbonyl (C=O) groups is 1. The molecule has 100 valence electrons. The summed E-state index contributed by atoms with van der Waals surface area (Å²) in [6.07, 6.45) is 0.750. The molecule has 1 amide bonds. The zero-order chi connectivity index (χ0) is 13.9. The van der Waals surface area contributed by atoms with Crippen LogP contribution in [-0.2, 0) is 16.8 Å². The van der Waals surface area contributed by atoms with Gasteiger partial charge in [0.1, 0.15) is 0 Å². The van der Waals surface area contributed by atoms with Crippen LogP contribution in [0.4, 0.5) is 11.4 Å². The number of benzene rings is 2. The molecule has 0 saturated heterocycles. The van der Waals surface area contributed by atoms with Crippen LogP contribution in [0.3, 0.4) is 0 Å². The van der Waals surface area contributed by atoms with Crippen LogP contribution in [0.25, 0.3) is 0 Å². The van der Waals surface area contributed by atoms with Gasteiger partial charge in [0, 0.05) is 37.5 Å². The van der Waals surface area contributed by atoms with E-state index >= 15 is 0 Å². The number of para-hydroxylation sites is 2. The Morgan fingerprint density at radius 1 is 0.950 bits per heavy atom. The standard InChI is InChI=1S/C17H16N2O/c1-18-15-10-6-4-8-13(15)17(16(18)20)11-12-7-3-5-9-14(12)19(17)2/h3-10H,11H2,1-2H3. The molecule has 1 spiro atoms. The van der Waals surface area contributed by atoms with Crippen molar-refractivity contribution in [3.8, 4) is 0 Å². The van der Waals surface area contributed by atoms with Crippen molar-refractivity contribution in [1.29, 1.82) is 0 Å². The number of carbonyl (C=O) groups excluding carboxylic acids is 1. The van der Waals surface area contributed by atoms with Gasteiger partial charge in [0.05, 0.1) is 0 Å². The molecule has 2 aromatic carbocycles. The normalized spacial score (nSPS) is 23.4. The number of anilines is 2. The fraction of sp³-hybridized carbons (Fsp3) is 0.235. The molecule has 2 aliphatic rings. The van der Waals surface area contributed by atoms with Crippen LogP contribution < -0.4 is 9.80 Å². The van der Waals surface area contributed by atoms with Crippen LogP contribution in [0.2, 0.25) is 0 Å². The Morgan fingerprint density at radius 3 is 2.35 bits per heavy atom. The van der Waals surface area contributed by atoms with E-state index < -0.39 is 5.54 Å². The van der Waals surface area contributed by atoms with Gasteiger partial charge in [-0.1, -0.05) is 36.4 Å². The lowest BCUT2D eigenvalue weighted by Gasteiger charge is -2.32. The van der Waals surface area contributed by atoms with E-state index in [1.54, 1.807) is 4.90 Å². The zero-order valence-electron chi connectivity index (χ0n) is 11.6. The van der Waals surface area contributed by atoms with Gasteiger partial charge >= 0.3 is 0 Å². The van der Waals surface area contributed by atoms with Crippen LogP contribution in [0.5, 0.6) is 0 Å². The highest BCUT2D eigenvalue weighted by Crippen LogP contribution is 2.51.